The van der Waals surface area contributed by atoms with Crippen LogP contribution >= 0.6 is 11.3 Å². The van der Waals surface area contributed by atoms with Crippen LogP contribution in [0.3, 0.4) is 0 Å². The first kappa shape index (κ1) is 12.8. The van der Waals surface area contributed by atoms with Crippen molar-refractivity contribution in [2.24, 2.45) is 0 Å². The molecule has 2 heterocycles. The highest BCUT2D eigenvalue weighted by Gasteiger charge is 2.37. The number of carbonyl (C=O) groups excluding carboxylic acids is 1. The van der Waals surface area contributed by atoms with Gasteiger partial charge in [0.15, 0.2) is 0 Å². The Kier molecular flexibility index (Phi) is 3.02. The molecule has 0 bridgehead atoms. The van der Waals surface area contributed by atoms with E-state index < -0.39 is 11.9 Å². The summed E-state index contributed by atoms with van der Waals surface area (Å²) in [4.78, 5) is 30.0. The van der Waals surface area contributed by atoms with Crippen molar-refractivity contribution in [3.63, 3.8) is 0 Å². The molecule has 0 saturated heterocycles. The number of hydrogen-bond donors (Lipinski definition) is 1. The van der Waals surface area contributed by atoms with Gasteiger partial charge < -0.3 is 10.0 Å². The van der Waals surface area contributed by atoms with Gasteiger partial charge in [0.05, 0.1) is 11.2 Å². The SMILES string of the molecule is Cc1ncc(C(=O)N2CC(C(=O)O)c3ccccc32)s1. The lowest BCUT2D eigenvalue weighted by Crippen LogP contribution is -2.30. The molecule has 1 aliphatic rings. The van der Waals surface area contributed by atoms with Gasteiger partial charge in [-0.05, 0) is 18.6 Å². The molecule has 1 atom stereocenters. The molecule has 2 aromatic rings. The third kappa shape index (κ3) is 1.98. The molecule has 1 aromatic carbocycles. The number of rotatable bonds is 2. The Bertz CT molecular complexity index is 695. The standard InChI is InChI=1S/C14H12N2O3S/c1-8-15-6-12(20-8)13(17)16-7-10(14(18)19)9-4-2-3-5-11(9)16/h2-6,10H,7H2,1H3,(H,18,19). The van der Waals surface area contributed by atoms with E-state index in [0.29, 0.717) is 16.1 Å². The van der Waals surface area contributed by atoms with Gasteiger partial charge in [-0.1, -0.05) is 18.2 Å². The second kappa shape index (κ2) is 4.72. The van der Waals surface area contributed by atoms with Crippen LogP contribution in [-0.4, -0.2) is 28.5 Å². The minimum absolute atomic E-state index is 0.171. The summed E-state index contributed by atoms with van der Waals surface area (Å²) in [7, 11) is 0. The van der Waals surface area contributed by atoms with Crippen LogP contribution in [0.4, 0.5) is 5.69 Å². The zero-order chi connectivity index (χ0) is 14.3. The molecule has 5 nitrogen and oxygen atoms in total. The number of hydrogen-bond acceptors (Lipinski definition) is 4. The Morgan fingerprint density at radius 2 is 2.15 bits per heavy atom. The number of para-hydroxylation sites is 1. The highest BCUT2D eigenvalue weighted by molar-refractivity contribution is 7.13. The lowest BCUT2D eigenvalue weighted by Gasteiger charge is -2.16. The maximum atomic E-state index is 12.5. The number of amides is 1. The molecule has 1 amide bonds. The number of aromatic nitrogens is 1. The molecule has 0 radical (unpaired) electrons. The van der Waals surface area contributed by atoms with Crippen LogP contribution in [0, 0.1) is 6.92 Å². The number of anilines is 1. The maximum Gasteiger partial charge on any atom is 0.312 e. The number of carboxylic acid groups (broad SMARTS) is 1. The number of thiazole rings is 1. The Morgan fingerprint density at radius 3 is 2.80 bits per heavy atom. The Hall–Kier alpha value is -2.21. The third-order valence-electron chi connectivity index (χ3n) is 3.34. The van der Waals surface area contributed by atoms with Gasteiger partial charge in [0.2, 0.25) is 0 Å². The molecule has 20 heavy (non-hydrogen) atoms. The van der Waals surface area contributed by atoms with E-state index in [-0.39, 0.29) is 12.5 Å². The summed E-state index contributed by atoms with van der Waals surface area (Å²) in [6, 6.07) is 7.14. The minimum atomic E-state index is -0.909. The second-order valence-electron chi connectivity index (χ2n) is 4.61. The van der Waals surface area contributed by atoms with Gasteiger partial charge in [-0.2, -0.15) is 0 Å². The van der Waals surface area contributed by atoms with E-state index in [9.17, 15) is 14.7 Å². The largest absolute Gasteiger partial charge is 0.481 e. The third-order valence-corrected chi connectivity index (χ3v) is 4.24. The molecule has 102 valence electrons. The normalized spacial score (nSPS) is 17.1. The van der Waals surface area contributed by atoms with Gasteiger partial charge in [-0.15, -0.1) is 11.3 Å². The first-order valence-electron chi connectivity index (χ1n) is 6.14. The molecule has 0 spiro atoms. The highest BCUT2D eigenvalue weighted by atomic mass is 32.1. The molecule has 0 aliphatic carbocycles. The molecular weight excluding hydrogens is 276 g/mol. The summed E-state index contributed by atoms with van der Waals surface area (Å²) < 4.78 is 0. The van der Waals surface area contributed by atoms with Crippen molar-refractivity contribution < 1.29 is 14.7 Å². The van der Waals surface area contributed by atoms with Gasteiger partial charge in [0.1, 0.15) is 10.8 Å². The highest BCUT2D eigenvalue weighted by Crippen LogP contribution is 2.37. The fourth-order valence-corrected chi connectivity index (χ4v) is 3.13. The van der Waals surface area contributed by atoms with E-state index in [4.69, 9.17) is 0 Å². The van der Waals surface area contributed by atoms with Gasteiger partial charge >= 0.3 is 5.97 Å². The van der Waals surface area contributed by atoms with Crippen molar-refractivity contribution in [1.82, 2.24) is 4.98 Å². The molecule has 3 rings (SSSR count). The summed E-state index contributed by atoms with van der Waals surface area (Å²) in [5, 5.41) is 10.1. The number of aryl methyl sites for hydroxylation is 1. The van der Waals surface area contributed by atoms with Crippen molar-refractivity contribution in [3.8, 4) is 0 Å². The average molecular weight is 288 g/mol. The molecule has 0 saturated carbocycles. The first-order valence-corrected chi connectivity index (χ1v) is 6.95. The monoisotopic (exact) mass is 288 g/mol. The minimum Gasteiger partial charge on any atom is -0.481 e. The van der Waals surface area contributed by atoms with E-state index in [1.807, 2.05) is 6.92 Å². The van der Waals surface area contributed by atoms with Crippen molar-refractivity contribution in [1.29, 1.82) is 0 Å². The smallest absolute Gasteiger partial charge is 0.312 e. The van der Waals surface area contributed by atoms with E-state index in [2.05, 4.69) is 4.98 Å². The van der Waals surface area contributed by atoms with Gasteiger partial charge in [-0.3, -0.25) is 9.59 Å². The van der Waals surface area contributed by atoms with Crippen LogP contribution in [0.25, 0.3) is 0 Å². The van der Waals surface area contributed by atoms with Gasteiger partial charge in [-0.25, -0.2) is 4.98 Å². The predicted octanol–water partition coefficient (Wildman–Crippen LogP) is 2.28. The van der Waals surface area contributed by atoms with Crippen molar-refractivity contribution in [3.05, 3.63) is 45.9 Å². The number of nitrogens with zero attached hydrogens (tertiary/aromatic N) is 2. The van der Waals surface area contributed by atoms with Gasteiger partial charge in [0, 0.05) is 12.2 Å². The maximum absolute atomic E-state index is 12.5. The van der Waals surface area contributed by atoms with E-state index in [0.717, 1.165) is 5.01 Å². The first-order chi connectivity index (χ1) is 9.58. The molecule has 0 fully saturated rings. The zero-order valence-corrected chi connectivity index (χ0v) is 11.6. The number of carboxylic acids is 1. The molecule has 1 unspecified atom stereocenters. The van der Waals surface area contributed by atoms with Crippen LogP contribution < -0.4 is 4.90 Å². The molecule has 6 heteroatoms. The molecular formula is C14H12N2O3S. The summed E-state index contributed by atoms with van der Waals surface area (Å²) >= 11 is 1.32. The fourth-order valence-electron chi connectivity index (χ4n) is 2.40. The number of benzene rings is 1. The Morgan fingerprint density at radius 1 is 1.40 bits per heavy atom. The zero-order valence-electron chi connectivity index (χ0n) is 10.7. The van der Waals surface area contributed by atoms with Crippen molar-refractivity contribution in [2.45, 2.75) is 12.8 Å². The lowest BCUT2D eigenvalue weighted by molar-refractivity contribution is -0.138. The summed E-state index contributed by atoms with van der Waals surface area (Å²) in [5.41, 5.74) is 1.37. The summed E-state index contributed by atoms with van der Waals surface area (Å²) in [6.07, 6.45) is 1.54. The Labute approximate surface area is 119 Å². The van der Waals surface area contributed by atoms with Crippen molar-refractivity contribution in [2.75, 3.05) is 11.4 Å². The van der Waals surface area contributed by atoms with Crippen LogP contribution in [0.15, 0.2) is 30.5 Å². The van der Waals surface area contributed by atoms with E-state index in [1.165, 1.54) is 16.2 Å². The summed E-state index contributed by atoms with van der Waals surface area (Å²) in [6.45, 7) is 2.00. The van der Waals surface area contributed by atoms with Crippen LogP contribution in [-0.2, 0) is 4.79 Å². The molecule has 1 aliphatic heterocycles. The fraction of sp³-hybridized carbons (Fsp3) is 0.214. The number of aliphatic carboxylic acids is 1. The molecule has 1 aromatic heterocycles. The summed E-state index contributed by atoms with van der Waals surface area (Å²) in [5.74, 6) is -1.76. The topological polar surface area (TPSA) is 70.5 Å². The predicted molar refractivity (Wildman–Crippen MR) is 75.3 cm³/mol. The van der Waals surface area contributed by atoms with E-state index in [1.54, 1.807) is 30.5 Å². The lowest BCUT2D eigenvalue weighted by atomic mass is 10.0. The van der Waals surface area contributed by atoms with Crippen molar-refractivity contribution >= 4 is 28.9 Å². The van der Waals surface area contributed by atoms with Crippen LogP contribution in [0.5, 0.6) is 0 Å². The molecule has 1 N–H and O–H groups in total. The average Bonchev–Trinajstić information content (AvgIpc) is 3.02. The Balaban J connectivity index is 2.00. The van der Waals surface area contributed by atoms with Crippen LogP contribution in [0.1, 0.15) is 26.2 Å². The van der Waals surface area contributed by atoms with E-state index >= 15 is 0 Å². The number of fused-ring (bicyclic) bond motifs is 1. The quantitative estimate of drug-likeness (QED) is 0.920. The van der Waals surface area contributed by atoms with Gasteiger partial charge in [0.25, 0.3) is 5.91 Å². The number of carbonyl (C=O) groups is 2. The van der Waals surface area contributed by atoms with Crippen LogP contribution in [0.2, 0.25) is 0 Å². The second-order valence-corrected chi connectivity index (χ2v) is 5.84.